The van der Waals surface area contributed by atoms with Crippen molar-refractivity contribution in [2.45, 2.75) is 19.1 Å². The number of nitrogens with two attached hydrogens (primary N) is 1. The van der Waals surface area contributed by atoms with Crippen molar-refractivity contribution < 1.29 is 16.8 Å². The molecule has 0 fully saturated rings. The average molecular weight is 238 g/mol. The van der Waals surface area contributed by atoms with Gasteiger partial charge in [0.1, 0.15) is 0 Å². The van der Waals surface area contributed by atoms with Crippen LogP contribution in [0.5, 0.6) is 0 Å². The Bertz CT molecular complexity index is 510. The van der Waals surface area contributed by atoms with Crippen molar-refractivity contribution >= 4 is 24.1 Å². The standard InChI is InChI=1S/C6H10N2O4S2/c1-4(2)13(9,10)6-8-3-5(7)14(6,11)12/h3-4H,7H2,1-2H3. The van der Waals surface area contributed by atoms with Gasteiger partial charge < -0.3 is 5.73 Å². The van der Waals surface area contributed by atoms with Crippen LogP contribution in [-0.4, -0.2) is 26.5 Å². The quantitative estimate of drug-likeness (QED) is 0.653. The van der Waals surface area contributed by atoms with E-state index in [2.05, 4.69) is 4.99 Å². The molecule has 0 aromatic heterocycles. The lowest BCUT2D eigenvalue weighted by Gasteiger charge is -2.06. The molecule has 0 bridgehead atoms. The molecule has 0 atom stereocenters. The predicted octanol–water partition coefficient (Wildman–Crippen LogP) is -0.648. The van der Waals surface area contributed by atoms with E-state index in [4.69, 9.17) is 5.73 Å². The highest BCUT2D eigenvalue weighted by molar-refractivity contribution is 8.33. The molecule has 0 amide bonds. The van der Waals surface area contributed by atoms with Crippen LogP contribution in [0, 0.1) is 0 Å². The Hall–Kier alpha value is -0.890. The average Bonchev–Trinajstić information content (AvgIpc) is 2.27. The van der Waals surface area contributed by atoms with Crippen molar-refractivity contribution in [3.05, 3.63) is 11.2 Å². The number of aliphatic imine (C=N–C) groups is 1. The summed E-state index contributed by atoms with van der Waals surface area (Å²) in [5.41, 5.74) is 5.09. The molecule has 0 unspecified atom stereocenters. The second kappa shape index (κ2) is 3.06. The molecule has 80 valence electrons. The second-order valence-corrected chi connectivity index (χ2v) is 7.57. The van der Waals surface area contributed by atoms with Crippen LogP contribution in [0.3, 0.4) is 0 Å². The van der Waals surface area contributed by atoms with Crippen LogP contribution in [0.25, 0.3) is 0 Å². The summed E-state index contributed by atoms with van der Waals surface area (Å²) in [6.45, 7) is 2.75. The minimum Gasteiger partial charge on any atom is -0.388 e. The first-order chi connectivity index (χ1) is 6.20. The largest absolute Gasteiger partial charge is 0.388 e. The summed E-state index contributed by atoms with van der Waals surface area (Å²) in [5.74, 6) is 0. The molecule has 0 aromatic rings. The number of hydrogen-bond acceptors (Lipinski definition) is 6. The number of sulfone groups is 2. The third kappa shape index (κ3) is 1.44. The molecule has 8 heteroatoms. The first kappa shape index (κ1) is 11.2. The molecule has 0 spiro atoms. The fraction of sp³-hybridized carbons (Fsp3) is 0.500. The van der Waals surface area contributed by atoms with Crippen molar-refractivity contribution in [2.24, 2.45) is 10.7 Å². The third-order valence-corrected chi connectivity index (χ3v) is 6.18. The van der Waals surface area contributed by atoms with Gasteiger partial charge in [0.15, 0.2) is 5.03 Å². The number of hydrogen-bond donors (Lipinski definition) is 1. The van der Waals surface area contributed by atoms with Crippen LogP contribution < -0.4 is 5.73 Å². The molecule has 0 saturated heterocycles. The van der Waals surface area contributed by atoms with E-state index >= 15 is 0 Å². The molecule has 14 heavy (non-hydrogen) atoms. The van der Waals surface area contributed by atoms with E-state index in [0.29, 0.717) is 0 Å². The van der Waals surface area contributed by atoms with Gasteiger partial charge in [-0.1, -0.05) is 0 Å². The minimum absolute atomic E-state index is 0.531. The molecule has 2 N–H and O–H groups in total. The van der Waals surface area contributed by atoms with Crippen molar-refractivity contribution in [1.29, 1.82) is 0 Å². The second-order valence-electron chi connectivity index (χ2n) is 3.02. The topological polar surface area (TPSA) is 107 Å². The molecule has 6 nitrogen and oxygen atoms in total. The van der Waals surface area contributed by atoms with E-state index in [1.807, 2.05) is 0 Å². The molecule has 0 saturated carbocycles. The Morgan fingerprint density at radius 3 is 2.21 bits per heavy atom. The molecular weight excluding hydrogens is 228 g/mol. The maximum absolute atomic E-state index is 11.5. The Morgan fingerprint density at radius 2 is 1.93 bits per heavy atom. The molecule has 1 rings (SSSR count). The predicted molar refractivity (Wildman–Crippen MR) is 52.7 cm³/mol. The van der Waals surface area contributed by atoms with Crippen molar-refractivity contribution in [3.8, 4) is 0 Å². The lowest BCUT2D eigenvalue weighted by molar-refractivity contribution is 0.598. The monoisotopic (exact) mass is 238 g/mol. The van der Waals surface area contributed by atoms with Gasteiger partial charge in [0.2, 0.25) is 9.84 Å². The lowest BCUT2D eigenvalue weighted by Crippen LogP contribution is -2.30. The van der Waals surface area contributed by atoms with Gasteiger partial charge in [0, 0.05) is 0 Å². The Morgan fingerprint density at radius 1 is 1.43 bits per heavy atom. The van der Waals surface area contributed by atoms with Gasteiger partial charge in [-0.3, -0.25) is 0 Å². The van der Waals surface area contributed by atoms with Crippen LogP contribution >= 0.6 is 0 Å². The van der Waals surface area contributed by atoms with Crippen LogP contribution in [0.1, 0.15) is 13.8 Å². The minimum atomic E-state index is -4.07. The van der Waals surface area contributed by atoms with Gasteiger partial charge in [-0.2, -0.15) is 0 Å². The highest BCUT2D eigenvalue weighted by atomic mass is 32.3. The lowest BCUT2D eigenvalue weighted by atomic mass is 10.6. The van der Waals surface area contributed by atoms with E-state index in [0.717, 1.165) is 6.20 Å². The van der Waals surface area contributed by atoms with Crippen LogP contribution in [0.2, 0.25) is 0 Å². The Kier molecular flexibility index (Phi) is 2.44. The van der Waals surface area contributed by atoms with E-state index in [1.165, 1.54) is 13.8 Å². The fourth-order valence-electron chi connectivity index (χ4n) is 0.784. The molecular formula is C6H10N2O4S2. The van der Waals surface area contributed by atoms with Gasteiger partial charge in [-0.05, 0) is 13.8 Å². The van der Waals surface area contributed by atoms with Crippen molar-refractivity contribution in [2.75, 3.05) is 0 Å². The third-order valence-electron chi connectivity index (χ3n) is 1.70. The van der Waals surface area contributed by atoms with E-state index in [1.54, 1.807) is 0 Å². The fourth-order valence-corrected chi connectivity index (χ4v) is 4.06. The Balaban J connectivity index is 3.35. The van der Waals surface area contributed by atoms with Crippen LogP contribution in [-0.2, 0) is 19.7 Å². The summed E-state index contributed by atoms with van der Waals surface area (Å²) in [6, 6.07) is 0. The summed E-state index contributed by atoms with van der Waals surface area (Å²) in [4.78, 5) is 3.32. The zero-order chi connectivity index (χ0) is 11.1. The molecule has 0 radical (unpaired) electrons. The molecule has 0 aromatic carbocycles. The zero-order valence-electron chi connectivity index (χ0n) is 7.63. The number of rotatable bonds is 1. The van der Waals surface area contributed by atoms with Crippen LogP contribution in [0.15, 0.2) is 16.2 Å². The van der Waals surface area contributed by atoms with Crippen molar-refractivity contribution in [3.63, 3.8) is 0 Å². The SMILES string of the molecule is CC(C)S(=O)(=O)C1=NC=C(N)S1(=O)=O. The summed E-state index contributed by atoms with van der Waals surface area (Å²) < 4.78 is 44.8. The molecule has 1 heterocycles. The molecule has 0 aliphatic carbocycles. The highest BCUT2D eigenvalue weighted by Gasteiger charge is 2.39. The first-order valence-electron chi connectivity index (χ1n) is 3.73. The van der Waals surface area contributed by atoms with Gasteiger partial charge in [-0.15, -0.1) is 0 Å². The van der Waals surface area contributed by atoms with E-state index in [9.17, 15) is 16.8 Å². The van der Waals surface area contributed by atoms with Gasteiger partial charge in [0.05, 0.1) is 11.4 Å². The smallest absolute Gasteiger partial charge is 0.254 e. The van der Waals surface area contributed by atoms with Crippen LogP contribution in [0.4, 0.5) is 0 Å². The summed E-state index contributed by atoms with van der Waals surface area (Å²) in [7, 11) is -7.95. The zero-order valence-corrected chi connectivity index (χ0v) is 9.26. The highest BCUT2D eigenvalue weighted by Crippen LogP contribution is 2.19. The summed E-state index contributed by atoms with van der Waals surface area (Å²) in [6.07, 6.45) is 0.838. The van der Waals surface area contributed by atoms with E-state index in [-0.39, 0.29) is 0 Å². The summed E-state index contributed by atoms with van der Waals surface area (Å²) in [5, 5.41) is -1.37. The Labute approximate surface area is 82.4 Å². The maximum atomic E-state index is 11.5. The normalized spacial score (nSPS) is 20.8. The van der Waals surface area contributed by atoms with Gasteiger partial charge in [0.25, 0.3) is 14.2 Å². The molecule has 1 aliphatic heterocycles. The maximum Gasteiger partial charge on any atom is 0.254 e. The first-order valence-corrected chi connectivity index (χ1v) is 6.76. The van der Waals surface area contributed by atoms with Crippen molar-refractivity contribution in [1.82, 2.24) is 0 Å². The van der Waals surface area contributed by atoms with Gasteiger partial charge in [-0.25, -0.2) is 21.8 Å². The molecule has 1 aliphatic rings. The number of nitrogens with zero attached hydrogens (tertiary/aromatic N) is 1. The van der Waals surface area contributed by atoms with Gasteiger partial charge >= 0.3 is 0 Å². The van der Waals surface area contributed by atoms with E-state index < -0.39 is 34.3 Å². The summed E-state index contributed by atoms with van der Waals surface area (Å²) >= 11 is 0.